The normalized spacial score (nSPS) is 11.1. The largest absolute Gasteiger partial charge is 0.461 e. The van der Waals surface area contributed by atoms with Gasteiger partial charge in [0.25, 0.3) is 0 Å². The monoisotopic (exact) mass is 494 g/mol. The van der Waals surface area contributed by atoms with Gasteiger partial charge >= 0.3 is 0 Å². The minimum Gasteiger partial charge on any atom is -0.461 e. The number of halogens is 1. The Morgan fingerprint density at radius 1 is 1.11 bits per heavy atom. The first-order chi connectivity index (χ1) is 13.3. The van der Waals surface area contributed by atoms with E-state index < -0.39 is 0 Å². The summed E-state index contributed by atoms with van der Waals surface area (Å²) in [5.74, 6) is 2.89. The zero-order chi connectivity index (χ0) is 18.7. The van der Waals surface area contributed by atoms with Crippen molar-refractivity contribution in [3.05, 3.63) is 60.1 Å². The van der Waals surface area contributed by atoms with Crippen molar-refractivity contribution in [2.45, 2.75) is 26.2 Å². The molecular weight excluding hydrogens is 467 g/mol. The summed E-state index contributed by atoms with van der Waals surface area (Å²) in [6.45, 7) is 4.40. The molecule has 3 N–H and O–H groups in total. The van der Waals surface area contributed by atoms with E-state index in [2.05, 4.69) is 62.0 Å². The highest BCUT2D eigenvalue weighted by Gasteiger charge is 2.08. The summed E-state index contributed by atoms with van der Waals surface area (Å²) in [5.41, 5.74) is 1.35. The minimum absolute atomic E-state index is 0. The van der Waals surface area contributed by atoms with Gasteiger partial charge < -0.3 is 15.1 Å². The summed E-state index contributed by atoms with van der Waals surface area (Å²) in [4.78, 5) is 9.08. The molecule has 0 aliphatic rings. The Balaban J connectivity index is 0.00000280. The van der Waals surface area contributed by atoms with Crippen molar-refractivity contribution in [1.29, 1.82) is 0 Å². The molecule has 2 aromatic heterocycles. The predicted octanol–water partition coefficient (Wildman–Crippen LogP) is 3.41. The molecule has 0 spiro atoms. The number of aliphatic imine (C=N–C) groups is 1. The lowest BCUT2D eigenvalue weighted by Gasteiger charge is -2.10. The Hall–Kier alpha value is -2.36. The topological polar surface area (TPSA) is 91.1 Å². The lowest BCUT2D eigenvalue weighted by molar-refractivity contribution is 0.577. The summed E-state index contributed by atoms with van der Waals surface area (Å²) in [7, 11) is 0. The number of aromatic nitrogens is 3. The van der Waals surface area contributed by atoms with E-state index in [1.54, 1.807) is 6.26 Å². The molecule has 0 saturated carbocycles. The van der Waals surface area contributed by atoms with Gasteiger partial charge in [0.05, 0.1) is 6.26 Å². The maximum atomic E-state index is 5.30. The van der Waals surface area contributed by atoms with E-state index in [-0.39, 0.29) is 24.0 Å². The Labute approximate surface area is 182 Å². The number of nitrogens with zero attached hydrogens (tertiary/aromatic N) is 3. The standard InChI is InChI=1S/C20H26N6O.HI/c1-2-21-20(22-13-6-10-16-8-4-3-5-9-16)23-14-12-18-24-19(26-25-18)17-11-7-15-27-17;/h3-5,7-9,11,15H,2,6,10,12-14H2,1H3,(H2,21,22,23)(H,24,25,26);1H. The molecule has 3 aromatic rings. The number of guanidine groups is 1. The molecule has 0 fully saturated rings. The van der Waals surface area contributed by atoms with Crippen LogP contribution < -0.4 is 10.6 Å². The molecule has 0 saturated heterocycles. The fourth-order valence-electron chi connectivity index (χ4n) is 2.68. The van der Waals surface area contributed by atoms with Crippen molar-refractivity contribution in [3.63, 3.8) is 0 Å². The fraction of sp³-hybridized carbons (Fsp3) is 0.350. The van der Waals surface area contributed by atoms with Gasteiger partial charge in [0, 0.05) is 26.1 Å². The van der Waals surface area contributed by atoms with Crippen molar-refractivity contribution in [3.8, 4) is 11.6 Å². The molecular formula is C20H27IN6O. The molecule has 7 nitrogen and oxygen atoms in total. The highest BCUT2D eigenvalue weighted by atomic mass is 127. The molecule has 2 heterocycles. The third-order valence-corrected chi connectivity index (χ3v) is 4.01. The molecule has 0 aliphatic carbocycles. The maximum Gasteiger partial charge on any atom is 0.216 e. The number of hydrogen-bond donors (Lipinski definition) is 3. The lowest BCUT2D eigenvalue weighted by atomic mass is 10.1. The van der Waals surface area contributed by atoms with Crippen LogP contribution in [0, 0.1) is 0 Å². The first-order valence-electron chi connectivity index (χ1n) is 9.36. The van der Waals surface area contributed by atoms with Crippen LogP contribution in [0.3, 0.4) is 0 Å². The number of H-pyrrole nitrogens is 1. The van der Waals surface area contributed by atoms with E-state index in [4.69, 9.17) is 4.42 Å². The third kappa shape index (κ3) is 6.99. The van der Waals surface area contributed by atoms with Crippen molar-refractivity contribution < 1.29 is 4.42 Å². The van der Waals surface area contributed by atoms with Crippen LogP contribution in [0.15, 0.2) is 58.1 Å². The molecule has 28 heavy (non-hydrogen) atoms. The minimum atomic E-state index is 0. The Bertz CT molecular complexity index is 816. The third-order valence-electron chi connectivity index (χ3n) is 4.01. The summed E-state index contributed by atoms with van der Waals surface area (Å²) in [6.07, 6.45) is 4.40. The number of aryl methyl sites for hydroxylation is 1. The number of aromatic amines is 1. The quantitative estimate of drug-likeness (QED) is 0.184. The molecule has 0 aliphatic heterocycles. The van der Waals surface area contributed by atoms with E-state index in [1.165, 1.54) is 5.56 Å². The van der Waals surface area contributed by atoms with Gasteiger partial charge in [-0.15, -0.1) is 24.0 Å². The number of hydrogen-bond acceptors (Lipinski definition) is 4. The van der Waals surface area contributed by atoms with Crippen LogP contribution >= 0.6 is 24.0 Å². The predicted molar refractivity (Wildman–Crippen MR) is 122 cm³/mol. The highest BCUT2D eigenvalue weighted by molar-refractivity contribution is 14.0. The Kier molecular flexibility index (Phi) is 9.53. The molecule has 0 radical (unpaired) electrons. The summed E-state index contributed by atoms with van der Waals surface area (Å²) >= 11 is 0. The number of nitrogens with one attached hydrogen (secondary N) is 3. The van der Waals surface area contributed by atoms with Crippen LogP contribution in [0.25, 0.3) is 11.6 Å². The Morgan fingerprint density at radius 3 is 2.71 bits per heavy atom. The molecule has 0 amide bonds. The molecule has 0 atom stereocenters. The van der Waals surface area contributed by atoms with Gasteiger partial charge in [0.2, 0.25) is 5.82 Å². The van der Waals surface area contributed by atoms with Crippen LogP contribution in [0.4, 0.5) is 0 Å². The summed E-state index contributed by atoms with van der Waals surface area (Å²) in [6, 6.07) is 14.2. The first kappa shape index (κ1) is 21.9. The Morgan fingerprint density at radius 2 is 1.96 bits per heavy atom. The zero-order valence-corrected chi connectivity index (χ0v) is 18.3. The van der Waals surface area contributed by atoms with E-state index in [9.17, 15) is 0 Å². The van der Waals surface area contributed by atoms with Crippen molar-refractivity contribution >= 4 is 29.9 Å². The van der Waals surface area contributed by atoms with Crippen LogP contribution in [0.5, 0.6) is 0 Å². The number of rotatable bonds is 9. The molecule has 3 rings (SSSR count). The van der Waals surface area contributed by atoms with E-state index in [1.807, 2.05) is 18.2 Å². The first-order valence-corrected chi connectivity index (χ1v) is 9.36. The van der Waals surface area contributed by atoms with E-state index >= 15 is 0 Å². The van der Waals surface area contributed by atoms with Gasteiger partial charge in [0.15, 0.2) is 11.7 Å². The molecule has 8 heteroatoms. The molecule has 1 aromatic carbocycles. The smallest absolute Gasteiger partial charge is 0.216 e. The second kappa shape index (κ2) is 12.2. The van der Waals surface area contributed by atoms with Gasteiger partial charge in [-0.2, -0.15) is 5.10 Å². The van der Waals surface area contributed by atoms with Gasteiger partial charge in [-0.3, -0.25) is 10.1 Å². The van der Waals surface area contributed by atoms with Crippen LogP contribution in [0.1, 0.15) is 24.7 Å². The van der Waals surface area contributed by atoms with Gasteiger partial charge in [-0.05, 0) is 37.5 Å². The summed E-state index contributed by atoms with van der Waals surface area (Å²) < 4.78 is 5.30. The molecule has 0 unspecified atom stereocenters. The van der Waals surface area contributed by atoms with Gasteiger partial charge in [-0.25, -0.2) is 4.98 Å². The molecule has 0 bridgehead atoms. The highest BCUT2D eigenvalue weighted by Crippen LogP contribution is 2.14. The van der Waals surface area contributed by atoms with Crippen molar-refractivity contribution in [2.24, 2.45) is 4.99 Å². The molecule has 150 valence electrons. The second-order valence-electron chi connectivity index (χ2n) is 6.11. The van der Waals surface area contributed by atoms with E-state index in [0.29, 0.717) is 11.6 Å². The average Bonchev–Trinajstić information content (AvgIpc) is 3.38. The zero-order valence-electron chi connectivity index (χ0n) is 16.0. The number of furan rings is 1. The summed E-state index contributed by atoms with van der Waals surface area (Å²) in [5, 5.41) is 13.7. The SMILES string of the molecule is CCNC(=NCCCc1ccccc1)NCCc1nc(-c2ccco2)n[nH]1.I. The second-order valence-corrected chi connectivity index (χ2v) is 6.11. The van der Waals surface area contributed by atoms with Gasteiger partial charge in [-0.1, -0.05) is 30.3 Å². The van der Waals surface area contributed by atoms with E-state index in [0.717, 1.165) is 50.7 Å². The van der Waals surface area contributed by atoms with Crippen LogP contribution in [-0.2, 0) is 12.8 Å². The van der Waals surface area contributed by atoms with Crippen molar-refractivity contribution in [1.82, 2.24) is 25.8 Å². The lowest BCUT2D eigenvalue weighted by Crippen LogP contribution is -2.38. The van der Waals surface area contributed by atoms with Crippen LogP contribution in [-0.4, -0.2) is 40.8 Å². The number of benzene rings is 1. The van der Waals surface area contributed by atoms with Gasteiger partial charge in [0.1, 0.15) is 5.82 Å². The fourth-order valence-corrected chi connectivity index (χ4v) is 2.68. The van der Waals surface area contributed by atoms with Crippen LogP contribution in [0.2, 0.25) is 0 Å². The maximum absolute atomic E-state index is 5.30. The van der Waals surface area contributed by atoms with Crippen molar-refractivity contribution in [2.75, 3.05) is 19.6 Å². The average molecular weight is 494 g/mol.